The SMILES string of the molecule is CCC1(NCC(=O)NCC#N)CCC1. The van der Waals surface area contributed by atoms with Crippen molar-refractivity contribution in [1.29, 1.82) is 5.26 Å². The van der Waals surface area contributed by atoms with Crippen molar-refractivity contribution in [2.75, 3.05) is 13.1 Å². The van der Waals surface area contributed by atoms with Gasteiger partial charge in [-0.05, 0) is 25.7 Å². The molecule has 78 valence electrons. The summed E-state index contributed by atoms with van der Waals surface area (Å²) in [7, 11) is 0. The largest absolute Gasteiger partial charge is 0.342 e. The van der Waals surface area contributed by atoms with Gasteiger partial charge in [0, 0.05) is 5.54 Å². The van der Waals surface area contributed by atoms with Crippen molar-refractivity contribution in [3.63, 3.8) is 0 Å². The third-order valence-electron chi connectivity index (χ3n) is 2.98. The van der Waals surface area contributed by atoms with Gasteiger partial charge < -0.3 is 10.6 Å². The van der Waals surface area contributed by atoms with Crippen LogP contribution in [0.2, 0.25) is 0 Å². The van der Waals surface area contributed by atoms with Gasteiger partial charge in [-0.3, -0.25) is 4.79 Å². The zero-order chi connectivity index (χ0) is 10.4. The van der Waals surface area contributed by atoms with E-state index in [0.29, 0.717) is 6.54 Å². The Kier molecular flexibility index (Phi) is 3.90. The lowest BCUT2D eigenvalue weighted by Crippen LogP contribution is -2.53. The van der Waals surface area contributed by atoms with Gasteiger partial charge in [0.2, 0.25) is 5.91 Å². The van der Waals surface area contributed by atoms with Crippen LogP contribution in [0.1, 0.15) is 32.6 Å². The molecular weight excluding hydrogens is 178 g/mol. The number of amides is 1. The molecule has 0 heterocycles. The lowest BCUT2D eigenvalue weighted by atomic mass is 9.75. The molecule has 1 amide bonds. The molecule has 0 radical (unpaired) electrons. The molecule has 0 unspecified atom stereocenters. The van der Waals surface area contributed by atoms with E-state index in [1.54, 1.807) is 0 Å². The highest BCUT2D eigenvalue weighted by Crippen LogP contribution is 2.34. The Labute approximate surface area is 84.7 Å². The Morgan fingerprint density at radius 2 is 2.29 bits per heavy atom. The molecule has 0 aromatic heterocycles. The molecule has 0 aromatic carbocycles. The van der Waals surface area contributed by atoms with Crippen LogP contribution in [0.15, 0.2) is 0 Å². The minimum absolute atomic E-state index is 0.0914. The second-order valence-electron chi connectivity index (χ2n) is 3.78. The lowest BCUT2D eigenvalue weighted by molar-refractivity contribution is -0.120. The predicted molar refractivity (Wildman–Crippen MR) is 53.5 cm³/mol. The number of nitriles is 1. The first-order valence-corrected chi connectivity index (χ1v) is 5.11. The van der Waals surface area contributed by atoms with E-state index in [1.165, 1.54) is 6.42 Å². The Balaban J connectivity index is 2.19. The van der Waals surface area contributed by atoms with Crippen molar-refractivity contribution in [1.82, 2.24) is 10.6 Å². The van der Waals surface area contributed by atoms with Gasteiger partial charge >= 0.3 is 0 Å². The molecule has 0 aliphatic heterocycles. The summed E-state index contributed by atoms with van der Waals surface area (Å²) in [6.45, 7) is 2.56. The molecule has 0 saturated heterocycles. The maximum atomic E-state index is 11.2. The van der Waals surface area contributed by atoms with Gasteiger partial charge in [0.1, 0.15) is 6.54 Å². The Morgan fingerprint density at radius 1 is 1.57 bits per heavy atom. The van der Waals surface area contributed by atoms with Crippen LogP contribution in [0.25, 0.3) is 0 Å². The topological polar surface area (TPSA) is 64.9 Å². The van der Waals surface area contributed by atoms with Gasteiger partial charge in [0.25, 0.3) is 0 Å². The van der Waals surface area contributed by atoms with E-state index in [9.17, 15) is 4.79 Å². The van der Waals surface area contributed by atoms with Crippen LogP contribution in [0.4, 0.5) is 0 Å². The Bertz CT molecular complexity index is 235. The van der Waals surface area contributed by atoms with Crippen molar-refractivity contribution < 1.29 is 4.79 Å². The normalized spacial score (nSPS) is 18.0. The zero-order valence-corrected chi connectivity index (χ0v) is 8.60. The summed E-state index contributed by atoms with van der Waals surface area (Å²) in [4.78, 5) is 11.2. The van der Waals surface area contributed by atoms with E-state index in [4.69, 9.17) is 5.26 Å². The summed E-state index contributed by atoms with van der Waals surface area (Å²) in [5, 5.41) is 14.0. The fourth-order valence-corrected chi connectivity index (χ4v) is 1.73. The number of carbonyl (C=O) groups is 1. The van der Waals surface area contributed by atoms with Crippen molar-refractivity contribution in [2.24, 2.45) is 0 Å². The molecule has 1 fully saturated rings. The zero-order valence-electron chi connectivity index (χ0n) is 8.60. The highest BCUT2D eigenvalue weighted by atomic mass is 16.1. The van der Waals surface area contributed by atoms with Gasteiger partial charge in [-0.2, -0.15) is 5.26 Å². The standard InChI is InChI=1S/C10H17N3O/c1-2-10(4-3-5-10)13-8-9(14)12-7-6-11/h13H,2-5,7-8H2,1H3,(H,12,14). The van der Waals surface area contributed by atoms with Crippen LogP contribution < -0.4 is 10.6 Å². The first-order valence-electron chi connectivity index (χ1n) is 5.11. The highest BCUT2D eigenvalue weighted by molar-refractivity contribution is 5.78. The molecule has 4 heteroatoms. The van der Waals surface area contributed by atoms with Gasteiger partial charge in [0.15, 0.2) is 0 Å². The quantitative estimate of drug-likeness (QED) is 0.630. The van der Waals surface area contributed by atoms with Crippen LogP contribution in [0, 0.1) is 11.3 Å². The molecule has 1 aliphatic rings. The number of hydrogen-bond donors (Lipinski definition) is 2. The van der Waals surface area contributed by atoms with Crippen LogP contribution in [0.5, 0.6) is 0 Å². The second kappa shape index (κ2) is 4.97. The summed E-state index contributed by atoms with van der Waals surface area (Å²) >= 11 is 0. The average Bonchev–Trinajstić information content (AvgIpc) is 2.14. The lowest BCUT2D eigenvalue weighted by Gasteiger charge is -2.42. The van der Waals surface area contributed by atoms with Crippen molar-refractivity contribution in [3.05, 3.63) is 0 Å². The van der Waals surface area contributed by atoms with E-state index < -0.39 is 0 Å². The molecular formula is C10H17N3O. The monoisotopic (exact) mass is 195 g/mol. The number of carbonyl (C=O) groups excluding carboxylic acids is 1. The molecule has 0 spiro atoms. The summed E-state index contributed by atoms with van der Waals surface area (Å²) in [5.41, 5.74) is 0.198. The number of nitrogens with one attached hydrogen (secondary N) is 2. The summed E-state index contributed by atoms with van der Waals surface area (Å²) < 4.78 is 0. The van der Waals surface area contributed by atoms with Gasteiger partial charge in [-0.25, -0.2) is 0 Å². The van der Waals surface area contributed by atoms with Crippen molar-refractivity contribution >= 4 is 5.91 Å². The van der Waals surface area contributed by atoms with Gasteiger partial charge in [-0.1, -0.05) is 6.92 Å². The average molecular weight is 195 g/mol. The van der Waals surface area contributed by atoms with E-state index >= 15 is 0 Å². The molecule has 1 rings (SSSR count). The first-order chi connectivity index (χ1) is 6.72. The summed E-state index contributed by atoms with van der Waals surface area (Å²) in [6, 6.07) is 1.88. The van der Waals surface area contributed by atoms with E-state index in [-0.39, 0.29) is 18.0 Å². The van der Waals surface area contributed by atoms with Crippen molar-refractivity contribution in [2.45, 2.75) is 38.1 Å². The summed E-state index contributed by atoms with van der Waals surface area (Å²) in [5.74, 6) is -0.0914. The minimum atomic E-state index is -0.0914. The molecule has 0 bridgehead atoms. The van der Waals surface area contributed by atoms with Crippen molar-refractivity contribution in [3.8, 4) is 6.07 Å². The highest BCUT2D eigenvalue weighted by Gasteiger charge is 2.34. The van der Waals surface area contributed by atoms with Crippen LogP contribution in [0.3, 0.4) is 0 Å². The molecule has 1 aliphatic carbocycles. The van der Waals surface area contributed by atoms with Gasteiger partial charge in [0.05, 0.1) is 12.6 Å². The van der Waals surface area contributed by atoms with Gasteiger partial charge in [-0.15, -0.1) is 0 Å². The number of rotatable bonds is 5. The maximum absolute atomic E-state index is 11.2. The molecule has 14 heavy (non-hydrogen) atoms. The van der Waals surface area contributed by atoms with Crippen LogP contribution >= 0.6 is 0 Å². The summed E-state index contributed by atoms with van der Waals surface area (Å²) in [6.07, 6.45) is 4.64. The fourth-order valence-electron chi connectivity index (χ4n) is 1.73. The maximum Gasteiger partial charge on any atom is 0.234 e. The smallest absolute Gasteiger partial charge is 0.234 e. The Hall–Kier alpha value is -1.08. The van der Waals surface area contributed by atoms with E-state index in [1.807, 2.05) is 6.07 Å². The molecule has 0 aromatic rings. The van der Waals surface area contributed by atoms with Crippen LogP contribution in [-0.2, 0) is 4.79 Å². The molecule has 4 nitrogen and oxygen atoms in total. The number of nitrogens with zero attached hydrogens (tertiary/aromatic N) is 1. The minimum Gasteiger partial charge on any atom is -0.342 e. The first kappa shape index (κ1) is 11.0. The van der Waals surface area contributed by atoms with Crippen LogP contribution in [-0.4, -0.2) is 24.5 Å². The predicted octanol–water partition coefficient (Wildman–Crippen LogP) is 0.548. The molecule has 0 atom stereocenters. The van der Waals surface area contributed by atoms with E-state index in [0.717, 1.165) is 19.3 Å². The number of hydrogen-bond acceptors (Lipinski definition) is 3. The fraction of sp³-hybridized carbons (Fsp3) is 0.800. The third-order valence-corrected chi connectivity index (χ3v) is 2.98. The molecule has 1 saturated carbocycles. The second-order valence-corrected chi connectivity index (χ2v) is 3.78. The Morgan fingerprint density at radius 3 is 2.71 bits per heavy atom. The molecule has 2 N–H and O–H groups in total. The van der Waals surface area contributed by atoms with E-state index in [2.05, 4.69) is 17.6 Å². The third kappa shape index (κ3) is 2.71.